The molecule has 3 heteroatoms. The second kappa shape index (κ2) is 4.30. The summed E-state index contributed by atoms with van der Waals surface area (Å²) in [5.41, 5.74) is 3.83. The van der Waals surface area contributed by atoms with Crippen LogP contribution in [-0.2, 0) is 13.0 Å². The average molecular weight is 237 g/mol. The molecular weight excluding hydrogens is 222 g/mol. The number of nitriles is 1. The van der Waals surface area contributed by atoms with Crippen molar-refractivity contribution >= 4 is 0 Å². The molecule has 2 heterocycles. The molecule has 1 aliphatic heterocycles. The molecule has 0 unspecified atom stereocenters. The number of nitrogens with zero attached hydrogens (tertiary/aromatic N) is 3. The lowest BCUT2D eigenvalue weighted by atomic mass is 10.0. The molecule has 0 aliphatic carbocycles. The van der Waals surface area contributed by atoms with Gasteiger partial charge in [0.05, 0.1) is 0 Å². The van der Waals surface area contributed by atoms with Crippen molar-refractivity contribution in [2.24, 2.45) is 0 Å². The van der Waals surface area contributed by atoms with E-state index in [0.717, 1.165) is 42.2 Å². The van der Waals surface area contributed by atoms with Gasteiger partial charge in [-0.15, -0.1) is 0 Å². The molecule has 0 N–H and O–H groups in total. The second-order valence-corrected chi connectivity index (χ2v) is 4.76. The summed E-state index contributed by atoms with van der Waals surface area (Å²) in [6, 6.07) is 10.5. The van der Waals surface area contributed by atoms with E-state index >= 15 is 0 Å². The minimum Gasteiger partial charge on any atom is -0.319 e. The van der Waals surface area contributed by atoms with E-state index in [9.17, 15) is 5.26 Å². The summed E-state index contributed by atoms with van der Waals surface area (Å²) in [5, 5.41) is 9.40. The molecule has 0 saturated heterocycles. The van der Waals surface area contributed by atoms with E-state index in [0.29, 0.717) is 0 Å². The van der Waals surface area contributed by atoms with Crippen LogP contribution in [0, 0.1) is 18.3 Å². The molecule has 3 nitrogen and oxygen atoms in total. The number of benzene rings is 1. The second-order valence-electron chi connectivity index (χ2n) is 4.76. The van der Waals surface area contributed by atoms with Crippen molar-refractivity contribution < 1.29 is 0 Å². The Morgan fingerprint density at radius 3 is 2.89 bits per heavy atom. The summed E-state index contributed by atoms with van der Waals surface area (Å²) in [5.74, 6) is 1.07. The first-order chi connectivity index (χ1) is 8.81. The standard InChI is InChI=1S/C15H15N3/c1-11-6-2-3-7-12(11)15-13(10-16)18-9-5-4-8-14(18)17-15/h2-3,6-7H,4-5,8-9H2,1H3. The van der Waals surface area contributed by atoms with Crippen LogP contribution < -0.4 is 0 Å². The van der Waals surface area contributed by atoms with E-state index < -0.39 is 0 Å². The highest BCUT2D eigenvalue weighted by molar-refractivity contribution is 5.68. The van der Waals surface area contributed by atoms with Gasteiger partial charge in [0.2, 0.25) is 0 Å². The fraction of sp³-hybridized carbons (Fsp3) is 0.333. The van der Waals surface area contributed by atoms with Crippen LogP contribution in [0.2, 0.25) is 0 Å². The van der Waals surface area contributed by atoms with Crippen LogP contribution in [0.4, 0.5) is 0 Å². The van der Waals surface area contributed by atoms with Crippen molar-refractivity contribution in [2.45, 2.75) is 32.7 Å². The first-order valence-corrected chi connectivity index (χ1v) is 6.37. The highest BCUT2D eigenvalue weighted by atomic mass is 15.1. The predicted molar refractivity (Wildman–Crippen MR) is 70.1 cm³/mol. The van der Waals surface area contributed by atoms with Crippen LogP contribution in [0.3, 0.4) is 0 Å². The van der Waals surface area contributed by atoms with Crippen molar-refractivity contribution in [3.63, 3.8) is 0 Å². The molecule has 3 rings (SSSR count). The van der Waals surface area contributed by atoms with Crippen LogP contribution in [0.15, 0.2) is 24.3 Å². The first-order valence-electron chi connectivity index (χ1n) is 6.37. The zero-order valence-corrected chi connectivity index (χ0v) is 10.5. The van der Waals surface area contributed by atoms with E-state index in [4.69, 9.17) is 4.98 Å². The third-order valence-corrected chi connectivity index (χ3v) is 3.58. The zero-order valence-electron chi connectivity index (χ0n) is 10.5. The summed E-state index contributed by atoms with van der Waals surface area (Å²) >= 11 is 0. The third kappa shape index (κ3) is 1.62. The summed E-state index contributed by atoms with van der Waals surface area (Å²) in [7, 11) is 0. The molecular formula is C15H15N3. The van der Waals surface area contributed by atoms with Gasteiger partial charge in [-0.1, -0.05) is 24.3 Å². The number of aromatic nitrogens is 2. The molecule has 18 heavy (non-hydrogen) atoms. The Hall–Kier alpha value is -2.08. The number of imidazole rings is 1. The van der Waals surface area contributed by atoms with Crippen molar-refractivity contribution in [3.05, 3.63) is 41.3 Å². The van der Waals surface area contributed by atoms with Gasteiger partial charge in [-0.25, -0.2) is 4.98 Å². The van der Waals surface area contributed by atoms with E-state index in [-0.39, 0.29) is 0 Å². The van der Waals surface area contributed by atoms with Crippen LogP contribution in [0.25, 0.3) is 11.3 Å². The Bertz CT molecular complexity index is 632. The molecule has 2 aromatic rings. The maximum atomic E-state index is 9.40. The van der Waals surface area contributed by atoms with Gasteiger partial charge < -0.3 is 4.57 Å². The molecule has 0 fully saturated rings. The minimum absolute atomic E-state index is 0.721. The van der Waals surface area contributed by atoms with Gasteiger partial charge in [0.25, 0.3) is 0 Å². The molecule has 1 aromatic carbocycles. The molecule has 0 bridgehead atoms. The van der Waals surface area contributed by atoms with E-state index in [2.05, 4.69) is 23.6 Å². The maximum Gasteiger partial charge on any atom is 0.148 e. The Morgan fingerprint density at radius 2 is 2.11 bits per heavy atom. The first kappa shape index (κ1) is 11.0. The lowest BCUT2D eigenvalue weighted by molar-refractivity contribution is 0.519. The number of hydrogen-bond donors (Lipinski definition) is 0. The Labute approximate surface area is 107 Å². The van der Waals surface area contributed by atoms with E-state index in [1.165, 1.54) is 12.0 Å². The topological polar surface area (TPSA) is 41.6 Å². The average Bonchev–Trinajstić information content (AvgIpc) is 2.77. The van der Waals surface area contributed by atoms with Crippen LogP contribution >= 0.6 is 0 Å². The number of aryl methyl sites for hydroxylation is 2. The van der Waals surface area contributed by atoms with Crippen molar-refractivity contribution in [3.8, 4) is 17.3 Å². The van der Waals surface area contributed by atoms with Gasteiger partial charge in [-0.2, -0.15) is 5.26 Å². The lowest BCUT2D eigenvalue weighted by Gasteiger charge is -2.13. The fourth-order valence-corrected chi connectivity index (χ4v) is 2.62. The van der Waals surface area contributed by atoms with Gasteiger partial charge in [-0.05, 0) is 25.3 Å². The van der Waals surface area contributed by atoms with Crippen molar-refractivity contribution in [1.82, 2.24) is 9.55 Å². The smallest absolute Gasteiger partial charge is 0.148 e. The molecule has 0 atom stereocenters. The predicted octanol–water partition coefficient (Wildman–Crippen LogP) is 3.07. The zero-order chi connectivity index (χ0) is 12.5. The van der Waals surface area contributed by atoms with E-state index in [1.807, 2.05) is 18.2 Å². The van der Waals surface area contributed by atoms with Crippen molar-refractivity contribution in [1.29, 1.82) is 5.26 Å². The molecule has 0 amide bonds. The minimum atomic E-state index is 0.721. The monoisotopic (exact) mass is 237 g/mol. The Morgan fingerprint density at radius 1 is 1.28 bits per heavy atom. The van der Waals surface area contributed by atoms with Crippen molar-refractivity contribution in [2.75, 3.05) is 0 Å². The van der Waals surface area contributed by atoms with Crippen LogP contribution in [-0.4, -0.2) is 9.55 Å². The van der Waals surface area contributed by atoms with Gasteiger partial charge in [-0.3, -0.25) is 0 Å². The Balaban J connectivity index is 2.22. The number of fused-ring (bicyclic) bond motifs is 1. The molecule has 0 spiro atoms. The summed E-state index contributed by atoms with van der Waals surface area (Å²) in [6.07, 6.45) is 3.31. The molecule has 0 radical (unpaired) electrons. The molecule has 1 aromatic heterocycles. The lowest BCUT2D eigenvalue weighted by Crippen LogP contribution is -2.11. The normalized spacial score (nSPS) is 14.0. The number of rotatable bonds is 1. The molecule has 90 valence electrons. The van der Waals surface area contributed by atoms with Gasteiger partial charge >= 0.3 is 0 Å². The van der Waals surface area contributed by atoms with Gasteiger partial charge in [0, 0.05) is 18.5 Å². The van der Waals surface area contributed by atoms with Gasteiger partial charge in [0.15, 0.2) is 0 Å². The molecule has 1 aliphatic rings. The largest absolute Gasteiger partial charge is 0.319 e. The third-order valence-electron chi connectivity index (χ3n) is 3.58. The fourth-order valence-electron chi connectivity index (χ4n) is 2.62. The summed E-state index contributed by atoms with van der Waals surface area (Å²) < 4.78 is 2.09. The summed E-state index contributed by atoms with van der Waals surface area (Å²) in [4.78, 5) is 4.69. The maximum absolute atomic E-state index is 9.40. The van der Waals surface area contributed by atoms with E-state index in [1.54, 1.807) is 0 Å². The van der Waals surface area contributed by atoms with Crippen LogP contribution in [0.5, 0.6) is 0 Å². The Kier molecular flexibility index (Phi) is 2.64. The highest BCUT2D eigenvalue weighted by Gasteiger charge is 2.21. The molecule has 0 saturated carbocycles. The highest BCUT2D eigenvalue weighted by Crippen LogP contribution is 2.29. The number of hydrogen-bond acceptors (Lipinski definition) is 2. The quantitative estimate of drug-likeness (QED) is 0.764. The van der Waals surface area contributed by atoms with Crippen LogP contribution in [0.1, 0.15) is 29.9 Å². The SMILES string of the molecule is Cc1ccccc1-c1nc2n(c1C#N)CCCC2. The van der Waals surface area contributed by atoms with Gasteiger partial charge in [0.1, 0.15) is 23.3 Å². The summed E-state index contributed by atoms with van der Waals surface area (Å²) in [6.45, 7) is 2.99.